The summed E-state index contributed by atoms with van der Waals surface area (Å²) in [6.45, 7) is 0. The van der Waals surface area contributed by atoms with Crippen LogP contribution in [0.25, 0.3) is 10.8 Å². The molecule has 0 radical (unpaired) electrons. The highest BCUT2D eigenvalue weighted by Crippen LogP contribution is 2.22. The molecule has 1 amide bonds. The van der Waals surface area contributed by atoms with Crippen LogP contribution >= 0.6 is 0 Å². The molecule has 4 N–H and O–H groups in total. The highest BCUT2D eigenvalue weighted by atomic mass is 16.2. The van der Waals surface area contributed by atoms with E-state index in [1.54, 1.807) is 24.5 Å². The first kappa shape index (κ1) is 12.9. The summed E-state index contributed by atoms with van der Waals surface area (Å²) in [5, 5.41) is 4.28. The number of rotatable bonds is 3. The number of carbonyl (C=O) groups is 1. The van der Waals surface area contributed by atoms with Gasteiger partial charge in [0.15, 0.2) is 0 Å². The number of hydrogen-bond donors (Lipinski definition) is 3. The Morgan fingerprint density at radius 1 is 1.10 bits per heavy atom. The van der Waals surface area contributed by atoms with Crippen LogP contribution in [0.4, 0.5) is 11.8 Å². The molecule has 3 rings (SSSR count). The fraction of sp³-hybridized carbons (Fsp3) is 0. The molecule has 0 unspecified atom stereocenters. The second kappa shape index (κ2) is 5.51. The maximum atomic E-state index is 12.2. The largest absolute Gasteiger partial charge is 0.308 e. The van der Waals surface area contributed by atoms with Crippen LogP contribution in [0.15, 0.2) is 48.8 Å². The van der Waals surface area contributed by atoms with Gasteiger partial charge in [-0.25, -0.2) is 20.8 Å². The number of benzene rings is 1. The lowest BCUT2D eigenvalue weighted by Gasteiger charge is -2.08. The highest BCUT2D eigenvalue weighted by molar-refractivity contribution is 6.05. The predicted octanol–water partition coefficient (Wildman–Crippen LogP) is 1.56. The summed E-state index contributed by atoms with van der Waals surface area (Å²) in [4.78, 5) is 24.3. The van der Waals surface area contributed by atoms with Crippen LogP contribution in [-0.2, 0) is 0 Å². The molecule has 0 aliphatic carbocycles. The molecule has 7 heteroatoms. The van der Waals surface area contributed by atoms with Crippen LogP contribution in [0.1, 0.15) is 10.5 Å². The van der Waals surface area contributed by atoms with E-state index in [2.05, 4.69) is 25.7 Å². The third kappa shape index (κ3) is 2.63. The molecule has 7 nitrogen and oxygen atoms in total. The topological polar surface area (TPSA) is 106 Å². The lowest BCUT2D eigenvalue weighted by Crippen LogP contribution is -2.17. The summed E-state index contributed by atoms with van der Waals surface area (Å²) in [7, 11) is 0. The molecule has 104 valence electrons. The number of amides is 1. The first-order chi connectivity index (χ1) is 10.3. The molecule has 21 heavy (non-hydrogen) atoms. The Hall–Kier alpha value is -3.06. The standard InChI is InChI=1S/C14H12N6O/c15-20-12-10-5-2-1-4-9(10)8-11(18-12)13(21)19-14-16-6-3-7-17-14/h1-8H,15H2,(H,18,20)(H,16,17,19,21). The van der Waals surface area contributed by atoms with Gasteiger partial charge in [0.25, 0.3) is 5.91 Å². The Balaban J connectivity index is 1.98. The van der Waals surface area contributed by atoms with Gasteiger partial charge in [0.1, 0.15) is 11.5 Å². The first-order valence-corrected chi connectivity index (χ1v) is 6.22. The summed E-state index contributed by atoms with van der Waals surface area (Å²) in [6, 6.07) is 10.9. The number of carbonyl (C=O) groups excluding carboxylic acids is 1. The Labute approximate surface area is 120 Å². The summed E-state index contributed by atoms with van der Waals surface area (Å²) in [6.07, 6.45) is 3.09. The van der Waals surface area contributed by atoms with Gasteiger partial charge in [0.2, 0.25) is 5.95 Å². The molecule has 0 spiro atoms. The molecule has 0 bridgehead atoms. The van der Waals surface area contributed by atoms with E-state index >= 15 is 0 Å². The molecule has 0 saturated heterocycles. The van der Waals surface area contributed by atoms with Crippen molar-refractivity contribution in [3.05, 3.63) is 54.5 Å². The summed E-state index contributed by atoms with van der Waals surface area (Å²) >= 11 is 0. The van der Waals surface area contributed by atoms with Gasteiger partial charge in [-0.15, -0.1) is 0 Å². The molecule has 2 heterocycles. The Bertz CT molecular complexity index is 790. The van der Waals surface area contributed by atoms with Crippen molar-refractivity contribution in [2.75, 3.05) is 10.7 Å². The monoisotopic (exact) mass is 280 g/mol. The third-order valence-corrected chi connectivity index (χ3v) is 2.90. The van der Waals surface area contributed by atoms with E-state index in [4.69, 9.17) is 5.84 Å². The number of hydrazine groups is 1. The van der Waals surface area contributed by atoms with E-state index in [9.17, 15) is 4.79 Å². The van der Waals surface area contributed by atoms with Crippen molar-refractivity contribution < 1.29 is 4.79 Å². The van der Waals surface area contributed by atoms with Crippen molar-refractivity contribution in [1.29, 1.82) is 0 Å². The Kier molecular flexibility index (Phi) is 3.40. The maximum absolute atomic E-state index is 12.2. The Morgan fingerprint density at radius 3 is 2.62 bits per heavy atom. The van der Waals surface area contributed by atoms with Crippen LogP contribution < -0.4 is 16.6 Å². The fourth-order valence-electron chi connectivity index (χ4n) is 1.95. The number of fused-ring (bicyclic) bond motifs is 1. The van der Waals surface area contributed by atoms with E-state index in [0.29, 0.717) is 5.82 Å². The lowest BCUT2D eigenvalue weighted by molar-refractivity contribution is 0.102. The van der Waals surface area contributed by atoms with Crippen molar-refractivity contribution in [1.82, 2.24) is 15.0 Å². The van der Waals surface area contributed by atoms with Crippen molar-refractivity contribution in [2.24, 2.45) is 5.84 Å². The van der Waals surface area contributed by atoms with Gasteiger partial charge in [0.05, 0.1) is 0 Å². The Morgan fingerprint density at radius 2 is 1.86 bits per heavy atom. The van der Waals surface area contributed by atoms with Gasteiger partial charge in [-0.2, -0.15) is 0 Å². The van der Waals surface area contributed by atoms with E-state index in [1.807, 2.05) is 24.3 Å². The third-order valence-electron chi connectivity index (χ3n) is 2.90. The number of anilines is 2. The van der Waals surface area contributed by atoms with Gasteiger partial charge >= 0.3 is 0 Å². The number of nitrogens with two attached hydrogens (primary N) is 1. The van der Waals surface area contributed by atoms with Crippen LogP contribution in [0.2, 0.25) is 0 Å². The smallest absolute Gasteiger partial charge is 0.276 e. The first-order valence-electron chi connectivity index (χ1n) is 6.22. The number of nitrogens with one attached hydrogen (secondary N) is 2. The molecule has 0 atom stereocenters. The fourth-order valence-corrected chi connectivity index (χ4v) is 1.95. The second-order valence-electron chi connectivity index (χ2n) is 4.25. The number of nitrogens with zero attached hydrogens (tertiary/aromatic N) is 3. The molecule has 0 saturated carbocycles. The lowest BCUT2D eigenvalue weighted by atomic mass is 10.1. The molecule has 0 aliphatic heterocycles. The SMILES string of the molecule is NNc1nc(C(=O)Nc2ncccn2)cc2ccccc12. The van der Waals surface area contributed by atoms with Crippen LogP contribution in [-0.4, -0.2) is 20.9 Å². The van der Waals surface area contributed by atoms with Gasteiger partial charge in [0, 0.05) is 17.8 Å². The number of hydrogen-bond acceptors (Lipinski definition) is 6. The predicted molar refractivity (Wildman–Crippen MR) is 79.5 cm³/mol. The van der Waals surface area contributed by atoms with Crippen molar-refractivity contribution in [3.63, 3.8) is 0 Å². The average Bonchev–Trinajstić information content (AvgIpc) is 2.54. The van der Waals surface area contributed by atoms with Crippen molar-refractivity contribution >= 4 is 28.4 Å². The zero-order chi connectivity index (χ0) is 14.7. The molecule has 3 aromatic rings. The van der Waals surface area contributed by atoms with E-state index in [-0.39, 0.29) is 11.6 Å². The molecule has 1 aromatic carbocycles. The molecule has 2 aromatic heterocycles. The quantitative estimate of drug-likeness (QED) is 0.496. The van der Waals surface area contributed by atoms with Crippen LogP contribution in [0.5, 0.6) is 0 Å². The van der Waals surface area contributed by atoms with Gasteiger partial charge in [-0.05, 0) is 17.5 Å². The van der Waals surface area contributed by atoms with Crippen molar-refractivity contribution in [2.45, 2.75) is 0 Å². The summed E-state index contributed by atoms with van der Waals surface area (Å²) in [5.41, 5.74) is 2.74. The van der Waals surface area contributed by atoms with E-state index in [0.717, 1.165) is 10.8 Å². The summed E-state index contributed by atoms with van der Waals surface area (Å²) < 4.78 is 0. The maximum Gasteiger partial charge on any atom is 0.276 e. The number of nitrogen functional groups attached to an aromatic ring is 1. The average molecular weight is 280 g/mol. The highest BCUT2D eigenvalue weighted by Gasteiger charge is 2.12. The van der Waals surface area contributed by atoms with Crippen LogP contribution in [0.3, 0.4) is 0 Å². The molecular formula is C14H12N6O. The number of aromatic nitrogens is 3. The molecule has 0 aliphatic rings. The van der Waals surface area contributed by atoms with Crippen LogP contribution in [0, 0.1) is 0 Å². The zero-order valence-corrected chi connectivity index (χ0v) is 10.9. The summed E-state index contributed by atoms with van der Waals surface area (Å²) in [5.74, 6) is 5.73. The second-order valence-corrected chi connectivity index (χ2v) is 4.25. The van der Waals surface area contributed by atoms with Gasteiger partial charge in [-0.3, -0.25) is 10.1 Å². The minimum absolute atomic E-state index is 0.222. The van der Waals surface area contributed by atoms with E-state index < -0.39 is 5.91 Å². The zero-order valence-electron chi connectivity index (χ0n) is 10.9. The van der Waals surface area contributed by atoms with Gasteiger partial charge in [-0.1, -0.05) is 24.3 Å². The van der Waals surface area contributed by atoms with Crippen molar-refractivity contribution in [3.8, 4) is 0 Å². The molecular weight excluding hydrogens is 268 g/mol. The minimum Gasteiger partial charge on any atom is -0.308 e. The number of pyridine rings is 1. The normalized spacial score (nSPS) is 10.3. The van der Waals surface area contributed by atoms with Gasteiger partial charge < -0.3 is 5.43 Å². The van der Waals surface area contributed by atoms with E-state index in [1.165, 1.54) is 0 Å². The minimum atomic E-state index is -0.400. The molecule has 0 fully saturated rings.